The van der Waals surface area contributed by atoms with Crippen molar-refractivity contribution in [2.45, 2.75) is 78.6 Å². The smallest absolute Gasteiger partial charge is 0.147 e. The van der Waals surface area contributed by atoms with Crippen molar-refractivity contribution >= 4 is 44.6 Å². The summed E-state index contributed by atoms with van der Waals surface area (Å²) >= 11 is 0. The van der Waals surface area contributed by atoms with Crippen LogP contribution in [0.1, 0.15) is 79.0 Å². The molecule has 0 amide bonds. The van der Waals surface area contributed by atoms with Crippen molar-refractivity contribution in [3.8, 4) is 28.4 Å². The summed E-state index contributed by atoms with van der Waals surface area (Å²) in [6.45, 7) is 21.5. The van der Waals surface area contributed by atoms with Crippen LogP contribution in [0.5, 0.6) is 11.5 Å². The molecule has 6 aromatic carbocycles. The summed E-state index contributed by atoms with van der Waals surface area (Å²) < 4.78 is 40.3. The summed E-state index contributed by atoms with van der Waals surface area (Å²) in [6, 6.07) is 46.2. The predicted molar refractivity (Wildman–Crippen MR) is 246 cm³/mol. The molecule has 9 rings (SSSR count). The minimum Gasteiger partial charge on any atom is -0.509 e. The van der Waals surface area contributed by atoms with E-state index < -0.39 is 11.6 Å². The van der Waals surface area contributed by atoms with Gasteiger partial charge in [-0.2, -0.15) is 6.07 Å². The van der Waals surface area contributed by atoms with E-state index in [0.29, 0.717) is 22.9 Å². The number of fused-ring (bicyclic) bond motifs is 4. The number of hydrogen-bond acceptors (Lipinski definition) is 4. The molecule has 0 radical (unpaired) electrons. The zero-order valence-corrected chi connectivity index (χ0v) is 38.7. The maximum atomic E-state index is 15.7. The molecule has 1 aliphatic heterocycles. The first-order valence-corrected chi connectivity index (χ1v) is 20.8. The van der Waals surface area contributed by atoms with Gasteiger partial charge in [-0.05, 0) is 86.3 Å². The number of pyridine rings is 1. The van der Waals surface area contributed by atoms with Crippen LogP contribution >= 0.6 is 0 Å². The molecule has 0 N–H and O–H groups in total. The minimum absolute atomic E-state index is 0. The van der Waals surface area contributed by atoms with Gasteiger partial charge in [-0.25, -0.2) is 13.8 Å². The topological polar surface area (TPSA) is 33.5 Å². The van der Waals surface area contributed by atoms with E-state index in [-0.39, 0.29) is 43.0 Å². The Kier molecular flexibility index (Phi) is 11.0. The van der Waals surface area contributed by atoms with Crippen molar-refractivity contribution in [1.29, 1.82) is 0 Å². The van der Waals surface area contributed by atoms with Gasteiger partial charge in [0.25, 0.3) is 0 Å². The van der Waals surface area contributed by atoms with Crippen LogP contribution in [0.4, 0.5) is 31.5 Å². The summed E-state index contributed by atoms with van der Waals surface area (Å²) in [5, 5.41) is 2.11. The van der Waals surface area contributed by atoms with E-state index in [1.807, 2.05) is 59.5 Å². The van der Waals surface area contributed by atoms with Crippen LogP contribution in [0.25, 0.3) is 38.8 Å². The molecule has 0 unspecified atom stereocenters. The first-order chi connectivity index (χ1) is 29.0. The average Bonchev–Trinajstić information content (AvgIpc) is 3.75. The van der Waals surface area contributed by atoms with Crippen molar-refractivity contribution in [2.75, 3.05) is 9.80 Å². The minimum atomic E-state index is -0.658. The Balaban J connectivity index is 0.00000529. The molecule has 8 heteroatoms. The van der Waals surface area contributed by atoms with Crippen molar-refractivity contribution in [3.05, 3.63) is 175 Å². The first kappa shape index (κ1) is 42.9. The largest absolute Gasteiger partial charge is 0.509 e. The third kappa shape index (κ3) is 7.81. The van der Waals surface area contributed by atoms with Crippen LogP contribution in [-0.4, -0.2) is 9.55 Å². The van der Waals surface area contributed by atoms with E-state index in [9.17, 15) is 0 Å². The van der Waals surface area contributed by atoms with E-state index in [0.717, 1.165) is 50.0 Å². The monoisotopic (exact) mass is 1000 g/mol. The average molecular weight is 1000 g/mol. The second-order valence-corrected chi connectivity index (χ2v) is 19.0. The normalized spacial score (nSPS) is 13.1. The number of para-hydroxylation sites is 2. The molecule has 0 fully saturated rings. The van der Waals surface area contributed by atoms with Crippen molar-refractivity contribution in [3.63, 3.8) is 0 Å². The number of benzene rings is 6. The van der Waals surface area contributed by atoms with Crippen LogP contribution in [0.15, 0.2) is 128 Å². The fourth-order valence-corrected chi connectivity index (χ4v) is 8.24. The second-order valence-electron chi connectivity index (χ2n) is 19.0. The van der Waals surface area contributed by atoms with Gasteiger partial charge in [0.05, 0.1) is 5.69 Å². The second kappa shape index (κ2) is 15.8. The van der Waals surface area contributed by atoms with Crippen molar-refractivity contribution in [2.24, 2.45) is 0 Å². The van der Waals surface area contributed by atoms with E-state index in [1.165, 1.54) is 29.3 Å². The molecule has 2 aromatic heterocycles. The number of anilines is 4. The number of aromatic nitrogens is 2. The fraction of sp³-hybridized carbons (Fsp3) is 0.222. The molecule has 3 heterocycles. The molecule has 5 nitrogen and oxygen atoms in total. The molecule has 8 aromatic rings. The Morgan fingerprint density at radius 2 is 1.29 bits per heavy atom. The first-order valence-electron chi connectivity index (χ1n) is 20.8. The summed E-state index contributed by atoms with van der Waals surface area (Å²) in [5.41, 5.74) is 8.70. The summed E-state index contributed by atoms with van der Waals surface area (Å²) in [6.07, 6.45) is 1.79. The van der Waals surface area contributed by atoms with E-state index in [1.54, 1.807) is 17.8 Å². The Morgan fingerprint density at radius 3 is 1.98 bits per heavy atom. The summed E-state index contributed by atoms with van der Waals surface area (Å²) in [7, 11) is 0. The molecular formula is C54H49F2N4OPt-3. The summed E-state index contributed by atoms with van der Waals surface area (Å²) in [5.74, 6) is 0.423. The van der Waals surface area contributed by atoms with Gasteiger partial charge in [0, 0.05) is 55.7 Å². The van der Waals surface area contributed by atoms with Crippen molar-refractivity contribution in [1.82, 2.24) is 9.55 Å². The molecule has 0 saturated heterocycles. The van der Waals surface area contributed by atoms with Crippen LogP contribution in [0, 0.1) is 30.4 Å². The van der Waals surface area contributed by atoms with Gasteiger partial charge in [0.2, 0.25) is 0 Å². The third-order valence-corrected chi connectivity index (χ3v) is 11.5. The van der Waals surface area contributed by atoms with E-state index >= 15 is 8.78 Å². The van der Waals surface area contributed by atoms with Gasteiger partial charge in [-0.15, -0.1) is 53.6 Å². The third-order valence-electron chi connectivity index (χ3n) is 11.5. The number of nitrogens with zero attached hydrogens (tertiary/aromatic N) is 4. The molecule has 1 aliphatic rings. The van der Waals surface area contributed by atoms with Gasteiger partial charge in [0.1, 0.15) is 17.5 Å². The Morgan fingerprint density at radius 1 is 0.597 bits per heavy atom. The quantitative estimate of drug-likeness (QED) is 0.155. The van der Waals surface area contributed by atoms with Gasteiger partial charge in [-0.3, -0.25) is 0 Å². The molecule has 318 valence electrons. The molecule has 0 aliphatic carbocycles. The van der Waals surface area contributed by atoms with Crippen molar-refractivity contribution < 1.29 is 34.6 Å². The zero-order chi connectivity index (χ0) is 43.0. The van der Waals surface area contributed by atoms with Crippen LogP contribution in [0.2, 0.25) is 0 Å². The fourth-order valence-electron chi connectivity index (χ4n) is 8.24. The van der Waals surface area contributed by atoms with Crippen LogP contribution in [-0.2, 0) is 37.3 Å². The van der Waals surface area contributed by atoms with Gasteiger partial charge < -0.3 is 19.1 Å². The maximum Gasteiger partial charge on any atom is 0.147 e. The zero-order valence-electron chi connectivity index (χ0n) is 36.5. The van der Waals surface area contributed by atoms with Crippen LogP contribution < -0.4 is 14.5 Å². The molecular weight excluding hydrogens is 954 g/mol. The molecule has 0 spiro atoms. The molecule has 0 bridgehead atoms. The Labute approximate surface area is 378 Å². The van der Waals surface area contributed by atoms with Crippen LogP contribution in [0.3, 0.4) is 0 Å². The molecule has 0 atom stereocenters. The van der Waals surface area contributed by atoms with E-state index in [2.05, 4.69) is 128 Å². The Hall–Kier alpha value is -5.78. The van der Waals surface area contributed by atoms with E-state index in [4.69, 9.17) is 9.72 Å². The Bertz CT molecular complexity index is 2950. The number of rotatable bonds is 6. The maximum absolute atomic E-state index is 15.7. The predicted octanol–water partition coefficient (Wildman–Crippen LogP) is 14.8. The van der Waals surface area contributed by atoms with Gasteiger partial charge in [0.15, 0.2) is 0 Å². The van der Waals surface area contributed by atoms with Gasteiger partial charge >= 0.3 is 0 Å². The number of ether oxygens (including phenoxy) is 1. The SMILES string of the molecule is CC(C)(C)c1ccc2c(c1)N(c1c(F)cccc1F)[CH-]N2c1[c-]c(Oc2[c-]c3c(cc2)c2ccccc2n3-c2ccccn2)cc(-c2ccc(C(C)(C)C)cc2C(C)(C)C)c1.[Pt]. The molecule has 62 heavy (non-hydrogen) atoms. The molecule has 0 saturated carbocycles. The number of halogens is 2. The summed E-state index contributed by atoms with van der Waals surface area (Å²) in [4.78, 5) is 8.24. The standard InChI is InChI=1S/C54H49F2N4O.Pt/c1-52(2,3)35-20-23-40(43(29-35)54(7,8)9)34-27-37(58-33-59(51-44(55)16-14-17-45(51)56)49-30-36(53(4,5)6)21-25-47(49)58)31-39(28-34)61-38-22-24-42-41-15-10-11-18-46(41)60(48(42)32-38)50-19-12-13-26-57-50;/h10-30,33H,1-9H3;/q-3;. The van der Waals surface area contributed by atoms with Gasteiger partial charge in [-0.1, -0.05) is 122 Å². The number of hydrogen-bond donors (Lipinski definition) is 0.